The molecule has 0 fully saturated rings. The van der Waals surface area contributed by atoms with E-state index in [0.29, 0.717) is 0 Å². The van der Waals surface area contributed by atoms with Crippen molar-refractivity contribution in [3.63, 3.8) is 0 Å². The van der Waals surface area contributed by atoms with Gasteiger partial charge in [0, 0.05) is 16.4 Å². The van der Waals surface area contributed by atoms with Crippen molar-refractivity contribution in [1.29, 1.82) is 0 Å². The van der Waals surface area contributed by atoms with Crippen molar-refractivity contribution in [3.8, 4) is 11.8 Å². The van der Waals surface area contributed by atoms with E-state index in [2.05, 4.69) is 151 Å². The quantitative estimate of drug-likeness (QED) is 0.149. The second-order valence-corrected chi connectivity index (χ2v) is 10.7. The van der Waals surface area contributed by atoms with Gasteiger partial charge in [-0.25, -0.2) is 0 Å². The van der Waals surface area contributed by atoms with Crippen molar-refractivity contribution in [2.24, 2.45) is 0 Å². The number of benzene rings is 6. The zero-order valence-electron chi connectivity index (χ0n) is 19.2. The molecule has 0 radical (unpaired) electrons. The molecule has 0 aliphatic heterocycles. The fraction of sp³-hybridized carbons (Fsp3) is 0. The lowest BCUT2D eigenvalue weighted by Crippen LogP contribution is -2.22. The molecule has 0 aliphatic carbocycles. The molecule has 35 heavy (non-hydrogen) atoms. The molecule has 0 nitrogen and oxygen atoms in total. The van der Waals surface area contributed by atoms with E-state index in [4.69, 9.17) is 0 Å². The van der Waals surface area contributed by atoms with Crippen LogP contribution in [0, 0.1) is 11.8 Å². The lowest BCUT2D eigenvalue weighted by atomic mass is 9.97. The van der Waals surface area contributed by atoms with Gasteiger partial charge in [0.05, 0.1) is 0 Å². The minimum absolute atomic E-state index is 0.719. The van der Waals surface area contributed by atoms with Gasteiger partial charge in [0.15, 0.2) is 0 Å². The fourth-order valence-corrected chi connectivity index (χ4v) is 7.04. The second kappa shape index (κ2) is 9.60. The first-order valence-electron chi connectivity index (χ1n) is 11.8. The number of hydrogen-bond acceptors (Lipinski definition) is 0. The number of fused-ring (bicyclic) bond motifs is 2. The fourth-order valence-electron chi connectivity index (χ4n) is 4.63. The van der Waals surface area contributed by atoms with E-state index in [1.807, 2.05) is 0 Å². The predicted octanol–water partition coefficient (Wildman–Crippen LogP) is 7.15. The molecule has 0 aliphatic rings. The lowest BCUT2D eigenvalue weighted by molar-refractivity contribution is 1.69. The van der Waals surface area contributed by atoms with Crippen LogP contribution in [-0.2, 0) is 0 Å². The third-order valence-corrected chi connectivity index (χ3v) is 8.77. The molecule has 0 atom stereocenters. The van der Waals surface area contributed by atoms with E-state index in [0.717, 1.165) is 11.1 Å². The van der Waals surface area contributed by atoms with Gasteiger partial charge < -0.3 is 0 Å². The summed E-state index contributed by atoms with van der Waals surface area (Å²) >= 11 is 0. The Bertz CT molecular complexity index is 1600. The molecule has 0 spiro atoms. The Kier molecular flexibility index (Phi) is 5.86. The van der Waals surface area contributed by atoms with Gasteiger partial charge in [-0.05, 0) is 52.2 Å². The minimum atomic E-state index is -0.719. The van der Waals surface area contributed by atoms with E-state index in [1.54, 1.807) is 0 Å². The predicted molar refractivity (Wildman–Crippen MR) is 153 cm³/mol. The number of hydrogen-bond donors (Lipinski definition) is 0. The largest absolute Gasteiger partial charge is 0.0622 e. The third-order valence-electron chi connectivity index (χ3n) is 6.27. The molecule has 0 N–H and O–H groups in total. The molecular formula is C34H23P. The van der Waals surface area contributed by atoms with E-state index in [9.17, 15) is 0 Å². The minimum Gasteiger partial charge on any atom is -0.0622 e. The number of rotatable bonds is 3. The normalized spacial score (nSPS) is 10.9. The van der Waals surface area contributed by atoms with Crippen LogP contribution in [0.15, 0.2) is 140 Å². The Balaban J connectivity index is 1.56. The molecule has 0 saturated carbocycles. The van der Waals surface area contributed by atoms with Gasteiger partial charge in [0.25, 0.3) is 0 Å². The van der Waals surface area contributed by atoms with E-state index in [-0.39, 0.29) is 0 Å². The first-order chi connectivity index (χ1) is 17.4. The zero-order valence-corrected chi connectivity index (χ0v) is 20.1. The van der Waals surface area contributed by atoms with E-state index < -0.39 is 7.92 Å². The summed E-state index contributed by atoms with van der Waals surface area (Å²) in [6, 6.07) is 49.6. The van der Waals surface area contributed by atoms with Crippen molar-refractivity contribution in [2.45, 2.75) is 0 Å². The Labute approximate surface area is 207 Å². The van der Waals surface area contributed by atoms with Crippen LogP contribution in [0.1, 0.15) is 11.1 Å². The molecule has 0 amide bonds. The van der Waals surface area contributed by atoms with Crippen LogP contribution in [0.3, 0.4) is 0 Å². The highest BCUT2D eigenvalue weighted by atomic mass is 31.1. The Morgan fingerprint density at radius 3 is 1.51 bits per heavy atom. The summed E-state index contributed by atoms with van der Waals surface area (Å²) in [5.41, 5.74) is 2.18. The summed E-state index contributed by atoms with van der Waals surface area (Å²) in [6.45, 7) is 0. The SMILES string of the molecule is C(#Cc1c2ccccc2cc2ccccc12)c1ccccc1P(c1ccccc1)c1ccccc1. The summed E-state index contributed by atoms with van der Waals surface area (Å²) in [4.78, 5) is 0. The maximum absolute atomic E-state index is 3.61. The molecule has 6 aromatic carbocycles. The van der Waals surface area contributed by atoms with Gasteiger partial charge in [-0.3, -0.25) is 0 Å². The topological polar surface area (TPSA) is 0 Å². The van der Waals surface area contributed by atoms with Crippen LogP contribution < -0.4 is 15.9 Å². The van der Waals surface area contributed by atoms with Crippen molar-refractivity contribution in [3.05, 3.63) is 151 Å². The lowest BCUT2D eigenvalue weighted by Gasteiger charge is -2.20. The molecule has 0 saturated heterocycles. The molecule has 164 valence electrons. The molecule has 1 heteroatoms. The molecule has 0 bridgehead atoms. The highest BCUT2D eigenvalue weighted by Gasteiger charge is 2.18. The molecule has 6 rings (SSSR count). The van der Waals surface area contributed by atoms with Crippen molar-refractivity contribution in [2.75, 3.05) is 0 Å². The monoisotopic (exact) mass is 462 g/mol. The van der Waals surface area contributed by atoms with Crippen LogP contribution in [-0.4, -0.2) is 0 Å². The Morgan fingerprint density at radius 2 is 0.914 bits per heavy atom. The molecule has 0 aromatic heterocycles. The van der Waals surface area contributed by atoms with Gasteiger partial charge in [-0.1, -0.05) is 139 Å². The summed E-state index contributed by atoms with van der Waals surface area (Å²) < 4.78 is 0. The van der Waals surface area contributed by atoms with Crippen LogP contribution in [0.5, 0.6) is 0 Å². The van der Waals surface area contributed by atoms with Gasteiger partial charge >= 0.3 is 0 Å². The van der Waals surface area contributed by atoms with Crippen molar-refractivity contribution >= 4 is 45.4 Å². The molecule has 6 aromatic rings. The van der Waals surface area contributed by atoms with Crippen LogP contribution in [0.25, 0.3) is 21.5 Å². The van der Waals surface area contributed by atoms with Crippen LogP contribution >= 0.6 is 7.92 Å². The average molecular weight is 463 g/mol. The highest BCUT2D eigenvalue weighted by molar-refractivity contribution is 7.80. The van der Waals surface area contributed by atoms with Gasteiger partial charge in [-0.2, -0.15) is 0 Å². The van der Waals surface area contributed by atoms with E-state index in [1.165, 1.54) is 37.5 Å². The van der Waals surface area contributed by atoms with Gasteiger partial charge in [-0.15, -0.1) is 0 Å². The highest BCUT2D eigenvalue weighted by Crippen LogP contribution is 2.34. The summed E-state index contributed by atoms with van der Waals surface area (Å²) in [6.07, 6.45) is 0. The summed E-state index contributed by atoms with van der Waals surface area (Å²) in [5.74, 6) is 7.21. The molecule has 0 heterocycles. The summed E-state index contributed by atoms with van der Waals surface area (Å²) in [5, 5.41) is 8.79. The van der Waals surface area contributed by atoms with Crippen LogP contribution in [0.2, 0.25) is 0 Å². The average Bonchev–Trinajstić information content (AvgIpc) is 2.93. The first-order valence-corrected chi connectivity index (χ1v) is 13.1. The standard InChI is InChI=1S/C34H23P/c1-3-16-29(17-4-1)35(30-18-5-2-6-19-30)34-22-12-9-13-26(34)23-24-33-31-20-10-7-14-27(31)25-28-15-8-11-21-32(28)33/h1-22,25H. The molecule has 0 unspecified atom stereocenters. The van der Waals surface area contributed by atoms with Crippen molar-refractivity contribution < 1.29 is 0 Å². The first kappa shape index (κ1) is 21.4. The van der Waals surface area contributed by atoms with Crippen molar-refractivity contribution in [1.82, 2.24) is 0 Å². The smallest absolute Gasteiger partial charge is 0.0405 e. The van der Waals surface area contributed by atoms with Gasteiger partial charge in [0.1, 0.15) is 0 Å². The zero-order chi connectivity index (χ0) is 23.5. The summed E-state index contributed by atoms with van der Waals surface area (Å²) in [7, 11) is -0.719. The second-order valence-electron chi connectivity index (χ2n) is 8.47. The van der Waals surface area contributed by atoms with E-state index >= 15 is 0 Å². The maximum Gasteiger partial charge on any atom is 0.0405 e. The maximum atomic E-state index is 3.61. The third kappa shape index (κ3) is 4.24. The van der Waals surface area contributed by atoms with Gasteiger partial charge in [0.2, 0.25) is 0 Å². The molecular weight excluding hydrogens is 439 g/mol. The van der Waals surface area contributed by atoms with Crippen LogP contribution in [0.4, 0.5) is 0 Å². The Morgan fingerprint density at radius 1 is 0.429 bits per heavy atom. The Hall–Kier alpha value is -4.17.